The highest BCUT2D eigenvalue weighted by atomic mass is 19.1. The standard InChI is InChI=1S/C12H17FN6/c1-15-11(8-5-9(13)7-17-6-8)18-12(16-2)10(14)19(3)4/h5-7,16H,1,14H2,2-4H3/b12-10+,18-11?. The van der Waals surface area contributed by atoms with Crippen LogP contribution in [0.2, 0.25) is 0 Å². The highest BCUT2D eigenvalue weighted by Crippen LogP contribution is 2.07. The second kappa shape index (κ2) is 6.48. The van der Waals surface area contributed by atoms with Crippen molar-refractivity contribution in [1.29, 1.82) is 0 Å². The van der Waals surface area contributed by atoms with E-state index in [1.54, 1.807) is 26.0 Å². The van der Waals surface area contributed by atoms with E-state index in [0.717, 1.165) is 6.20 Å². The van der Waals surface area contributed by atoms with E-state index >= 15 is 0 Å². The molecule has 0 spiro atoms. The van der Waals surface area contributed by atoms with Crippen LogP contribution in [0.1, 0.15) is 5.56 Å². The molecule has 0 radical (unpaired) electrons. The Kier molecular flexibility index (Phi) is 4.99. The van der Waals surface area contributed by atoms with Gasteiger partial charge < -0.3 is 16.0 Å². The Bertz CT molecular complexity index is 521. The van der Waals surface area contributed by atoms with E-state index in [9.17, 15) is 4.39 Å². The van der Waals surface area contributed by atoms with Gasteiger partial charge in [0.15, 0.2) is 11.7 Å². The predicted octanol–water partition coefficient (Wildman–Crippen LogP) is 0.534. The maximum atomic E-state index is 13.1. The molecule has 0 aliphatic heterocycles. The lowest BCUT2D eigenvalue weighted by molar-refractivity contribution is 0.492. The summed E-state index contributed by atoms with van der Waals surface area (Å²) in [5.41, 5.74) is 6.29. The Morgan fingerprint density at radius 3 is 2.63 bits per heavy atom. The molecule has 0 saturated heterocycles. The average molecular weight is 264 g/mol. The molecule has 0 bridgehead atoms. The predicted molar refractivity (Wildman–Crippen MR) is 74.2 cm³/mol. The second-order valence-electron chi connectivity index (χ2n) is 3.86. The Balaban J connectivity index is 3.26. The van der Waals surface area contributed by atoms with E-state index in [-0.39, 0.29) is 5.84 Å². The zero-order valence-electron chi connectivity index (χ0n) is 11.2. The first-order chi connectivity index (χ1) is 8.99. The van der Waals surface area contributed by atoms with Gasteiger partial charge in [0.25, 0.3) is 0 Å². The van der Waals surface area contributed by atoms with Gasteiger partial charge in [0, 0.05) is 32.9 Å². The second-order valence-corrected chi connectivity index (χ2v) is 3.86. The number of nitrogens with two attached hydrogens (primary N) is 1. The maximum Gasteiger partial charge on any atom is 0.168 e. The molecule has 1 rings (SSSR count). The number of hydrogen-bond donors (Lipinski definition) is 2. The van der Waals surface area contributed by atoms with Gasteiger partial charge in [-0.2, -0.15) is 0 Å². The van der Waals surface area contributed by atoms with E-state index in [4.69, 9.17) is 5.73 Å². The molecule has 0 unspecified atom stereocenters. The molecule has 0 aromatic carbocycles. The zero-order chi connectivity index (χ0) is 14.4. The number of aliphatic imine (C=N–C) groups is 2. The van der Waals surface area contributed by atoms with E-state index in [1.807, 2.05) is 0 Å². The monoisotopic (exact) mass is 264 g/mol. The summed E-state index contributed by atoms with van der Waals surface area (Å²) >= 11 is 0. The fraction of sp³-hybridized carbons (Fsp3) is 0.250. The van der Waals surface area contributed by atoms with Gasteiger partial charge in [-0.25, -0.2) is 14.4 Å². The Labute approximate surface area is 111 Å². The van der Waals surface area contributed by atoms with Gasteiger partial charge >= 0.3 is 0 Å². The molecule has 1 aromatic rings. The Morgan fingerprint density at radius 2 is 2.16 bits per heavy atom. The van der Waals surface area contributed by atoms with Gasteiger partial charge in [-0.05, 0) is 12.8 Å². The number of pyridine rings is 1. The lowest BCUT2D eigenvalue weighted by Gasteiger charge is -2.15. The summed E-state index contributed by atoms with van der Waals surface area (Å²) in [6, 6.07) is 1.28. The van der Waals surface area contributed by atoms with Gasteiger partial charge in [0.1, 0.15) is 11.6 Å². The minimum Gasteiger partial charge on any atom is -0.382 e. The van der Waals surface area contributed by atoms with Crippen LogP contribution in [0.4, 0.5) is 4.39 Å². The molecule has 0 aliphatic rings. The molecular formula is C12H17FN6. The van der Waals surface area contributed by atoms with E-state index in [0.29, 0.717) is 17.2 Å². The summed E-state index contributed by atoms with van der Waals surface area (Å²) in [6.07, 6.45) is 2.56. The van der Waals surface area contributed by atoms with Gasteiger partial charge in [0.05, 0.1) is 6.20 Å². The summed E-state index contributed by atoms with van der Waals surface area (Å²) in [4.78, 5) is 13.4. The number of hydrogen-bond acceptors (Lipinski definition) is 5. The van der Waals surface area contributed by atoms with Gasteiger partial charge in [-0.15, -0.1) is 0 Å². The van der Waals surface area contributed by atoms with E-state index in [2.05, 4.69) is 27.0 Å². The number of aromatic nitrogens is 1. The summed E-state index contributed by atoms with van der Waals surface area (Å²) in [6.45, 7) is 3.42. The lowest BCUT2D eigenvalue weighted by atomic mass is 10.2. The first-order valence-electron chi connectivity index (χ1n) is 5.50. The first-order valence-corrected chi connectivity index (χ1v) is 5.50. The maximum absolute atomic E-state index is 13.1. The molecule has 1 heterocycles. The third-order valence-electron chi connectivity index (χ3n) is 2.29. The van der Waals surface area contributed by atoms with Crippen molar-refractivity contribution in [2.45, 2.75) is 0 Å². The van der Waals surface area contributed by atoms with Crippen LogP contribution in [-0.4, -0.2) is 43.6 Å². The van der Waals surface area contributed by atoms with E-state index < -0.39 is 5.82 Å². The minimum atomic E-state index is -0.468. The van der Waals surface area contributed by atoms with Crippen LogP contribution in [0.25, 0.3) is 0 Å². The minimum absolute atomic E-state index is 0.237. The van der Waals surface area contributed by atoms with Crippen LogP contribution in [0.5, 0.6) is 0 Å². The molecule has 0 fully saturated rings. The highest BCUT2D eigenvalue weighted by Gasteiger charge is 2.07. The highest BCUT2D eigenvalue weighted by molar-refractivity contribution is 6.01. The van der Waals surface area contributed by atoms with Crippen LogP contribution < -0.4 is 11.1 Å². The molecule has 0 aliphatic carbocycles. The molecule has 0 saturated carbocycles. The molecule has 6 nitrogen and oxygen atoms in total. The summed E-state index contributed by atoms with van der Waals surface area (Å²) in [5.74, 6) is 0.607. The number of nitrogens with one attached hydrogen (secondary N) is 1. The van der Waals surface area contributed by atoms with Crippen LogP contribution in [-0.2, 0) is 0 Å². The molecule has 102 valence electrons. The van der Waals surface area contributed by atoms with Crippen molar-refractivity contribution >= 4 is 12.6 Å². The SMILES string of the molecule is C=NC(=N/C(NC)=C(\N)N(C)C)c1cncc(F)c1. The number of rotatable bonds is 4. The lowest BCUT2D eigenvalue weighted by Crippen LogP contribution is -2.25. The summed E-state index contributed by atoms with van der Waals surface area (Å²) in [7, 11) is 5.25. The Hall–Kier alpha value is -2.44. The van der Waals surface area contributed by atoms with Crippen molar-refractivity contribution < 1.29 is 4.39 Å². The van der Waals surface area contributed by atoms with Crippen molar-refractivity contribution in [2.24, 2.45) is 15.7 Å². The molecule has 7 heteroatoms. The van der Waals surface area contributed by atoms with Crippen LogP contribution in [0, 0.1) is 5.82 Å². The molecule has 3 N–H and O–H groups in total. The average Bonchev–Trinajstić information content (AvgIpc) is 2.39. The molecule has 0 amide bonds. The van der Waals surface area contributed by atoms with Gasteiger partial charge in [-0.3, -0.25) is 4.98 Å². The van der Waals surface area contributed by atoms with Crippen molar-refractivity contribution in [1.82, 2.24) is 15.2 Å². The molecular weight excluding hydrogens is 247 g/mol. The Morgan fingerprint density at radius 1 is 1.47 bits per heavy atom. The quantitative estimate of drug-likeness (QED) is 0.614. The summed E-state index contributed by atoms with van der Waals surface area (Å²) < 4.78 is 13.1. The number of nitrogens with zero attached hydrogens (tertiary/aromatic N) is 4. The fourth-order valence-electron chi connectivity index (χ4n) is 1.28. The normalized spacial score (nSPS) is 12.7. The third-order valence-corrected chi connectivity index (χ3v) is 2.29. The largest absolute Gasteiger partial charge is 0.382 e. The topological polar surface area (TPSA) is 78.9 Å². The van der Waals surface area contributed by atoms with Crippen molar-refractivity contribution in [2.75, 3.05) is 21.1 Å². The van der Waals surface area contributed by atoms with Gasteiger partial charge in [0.2, 0.25) is 0 Å². The summed E-state index contributed by atoms with van der Waals surface area (Å²) in [5, 5.41) is 2.86. The van der Waals surface area contributed by atoms with Crippen LogP contribution >= 0.6 is 0 Å². The smallest absolute Gasteiger partial charge is 0.168 e. The fourth-order valence-corrected chi connectivity index (χ4v) is 1.28. The molecule has 1 aromatic heterocycles. The van der Waals surface area contributed by atoms with Crippen molar-refractivity contribution in [3.05, 3.63) is 41.5 Å². The molecule has 19 heavy (non-hydrogen) atoms. The van der Waals surface area contributed by atoms with Gasteiger partial charge in [-0.1, -0.05) is 0 Å². The first kappa shape index (κ1) is 14.6. The van der Waals surface area contributed by atoms with Crippen molar-refractivity contribution in [3.8, 4) is 0 Å². The van der Waals surface area contributed by atoms with Crippen LogP contribution in [0.15, 0.2) is 40.1 Å². The zero-order valence-corrected chi connectivity index (χ0v) is 11.2. The van der Waals surface area contributed by atoms with E-state index in [1.165, 1.54) is 12.3 Å². The van der Waals surface area contributed by atoms with Crippen molar-refractivity contribution in [3.63, 3.8) is 0 Å². The third kappa shape index (κ3) is 3.77. The van der Waals surface area contributed by atoms with Crippen LogP contribution in [0.3, 0.4) is 0 Å². The number of amidine groups is 1. The number of halogens is 1. The molecule has 0 atom stereocenters.